The van der Waals surface area contributed by atoms with E-state index in [2.05, 4.69) is 20.9 Å². The molecule has 0 spiro atoms. The number of alkyl halides is 3. The molecule has 0 saturated carbocycles. The summed E-state index contributed by atoms with van der Waals surface area (Å²) in [5, 5.41) is 14.7. The van der Waals surface area contributed by atoms with Gasteiger partial charge in [-0.05, 0) is 24.6 Å². The first-order valence-corrected chi connectivity index (χ1v) is 11.8. The van der Waals surface area contributed by atoms with Crippen LogP contribution in [0.1, 0.15) is 26.7 Å². The highest BCUT2D eigenvalue weighted by Gasteiger charge is 2.48. The Kier molecular flexibility index (Phi) is 7.51. The fourth-order valence-electron chi connectivity index (χ4n) is 3.36. The lowest BCUT2D eigenvalue weighted by Crippen LogP contribution is -2.61. The van der Waals surface area contributed by atoms with Gasteiger partial charge >= 0.3 is 6.18 Å². The van der Waals surface area contributed by atoms with E-state index in [1.54, 1.807) is 0 Å². The van der Waals surface area contributed by atoms with Crippen LogP contribution < -0.4 is 16.0 Å². The molecule has 4 N–H and O–H groups in total. The number of aromatic nitrogens is 1. The SMILES string of the molecule is CNC(=N)N[C@@]1(c2sc(C(=O)Nc3cccc(C(F)(F)F)n3)cc2Cl)COCCC1[SH](=O)=O. The summed E-state index contributed by atoms with van der Waals surface area (Å²) in [7, 11) is -1.51. The molecule has 1 amide bonds. The molecule has 0 aromatic carbocycles. The third-order valence-electron chi connectivity index (χ3n) is 4.88. The van der Waals surface area contributed by atoms with Crippen molar-refractivity contribution in [3.63, 3.8) is 0 Å². The summed E-state index contributed by atoms with van der Waals surface area (Å²) in [5.41, 5.74) is -2.61. The van der Waals surface area contributed by atoms with Gasteiger partial charge in [-0.15, -0.1) is 11.3 Å². The van der Waals surface area contributed by atoms with E-state index in [4.69, 9.17) is 21.7 Å². The van der Waals surface area contributed by atoms with Crippen LogP contribution in [0.4, 0.5) is 19.0 Å². The molecule has 2 aromatic heterocycles. The maximum Gasteiger partial charge on any atom is 0.433 e. The predicted molar refractivity (Wildman–Crippen MR) is 118 cm³/mol. The van der Waals surface area contributed by atoms with Crippen molar-refractivity contribution in [2.24, 2.45) is 0 Å². The number of nitrogens with zero attached hydrogens (tertiary/aromatic N) is 1. The quantitative estimate of drug-likeness (QED) is 0.230. The number of hydrogen-bond acceptors (Lipinski definition) is 7. The van der Waals surface area contributed by atoms with Gasteiger partial charge in [0.05, 0.1) is 26.6 Å². The molecule has 180 valence electrons. The van der Waals surface area contributed by atoms with E-state index in [-0.39, 0.29) is 46.2 Å². The highest BCUT2D eigenvalue weighted by Crippen LogP contribution is 2.42. The molecule has 1 unspecified atom stereocenters. The van der Waals surface area contributed by atoms with Gasteiger partial charge in [-0.1, -0.05) is 17.7 Å². The Labute approximate surface area is 197 Å². The summed E-state index contributed by atoms with van der Waals surface area (Å²) >= 11 is 7.23. The van der Waals surface area contributed by atoms with Crippen LogP contribution in [-0.4, -0.2) is 50.8 Å². The summed E-state index contributed by atoms with van der Waals surface area (Å²) in [6, 6.07) is 4.36. The molecule has 15 heteroatoms. The lowest BCUT2D eigenvalue weighted by atomic mass is 9.89. The molecular formula is C18H19ClF3N5O4S2. The number of thiol groups is 1. The average molecular weight is 526 g/mol. The molecule has 2 aromatic rings. The van der Waals surface area contributed by atoms with Gasteiger partial charge in [0.15, 0.2) is 5.96 Å². The van der Waals surface area contributed by atoms with E-state index in [1.807, 2.05) is 0 Å². The van der Waals surface area contributed by atoms with Crippen LogP contribution in [-0.2, 0) is 27.2 Å². The van der Waals surface area contributed by atoms with Crippen LogP contribution in [0.3, 0.4) is 0 Å². The van der Waals surface area contributed by atoms with Crippen molar-refractivity contribution in [1.29, 1.82) is 5.41 Å². The highest BCUT2D eigenvalue weighted by molar-refractivity contribution is 7.73. The molecule has 2 atom stereocenters. The Hall–Kier alpha value is -2.42. The lowest BCUT2D eigenvalue weighted by Gasteiger charge is -2.42. The molecule has 33 heavy (non-hydrogen) atoms. The second-order valence-corrected chi connectivity index (χ2v) is 9.66. The number of anilines is 1. The van der Waals surface area contributed by atoms with Gasteiger partial charge in [-0.3, -0.25) is 10.2 Å². The first-order chi connectivity index (χ1) is 15.5. The number of rotatable bonds is 5. The van der Waals surface area contributed by atoms with Crippen molar-refractivity contribution < 1.29 is 31.1 Å². The molecule has 1 aliphatic rings. The largest absolute Gasteiger partial charge is 0.433 e. The van der Waals surface area contributed by atoms with E-state index in [0.717, 1.165) is 23.5 Å². The Morgan fingerprint density at radius 2 is 2.12 bits per heavy atom. The maximum atomic E-state index is 12.9. The minimum absolute atomic E-state index is 0.0109. The van der Waals surface area contributed by atoms with Crippen LogP contribution in [0.5, 0.6) is 0 Å². The standard InChI is InChI=1S/C18H19ClF3N5O4S2/c1-24-16(23)27-17(8-31-6-5-12(17)33(29)30)14-9(19)7-10(32-14)15(28)26-13-4-2-3-11(25-13)18(20,21)22/h2-4,7,12,33H,5-6,8H2,1H3,(H3,23,24,27)(H,25,26,28)/t12?,17-/m0/s1. The Morgan fingerprint density at radius 1 is 1.39 bits per heavy atom. The van der Waals surface area contributed by atoms with Crippen molar-refractivity contribution in [2.75, 3.05) is 25.6 Å². The summed E-state index contributed by atoms with van der Waals surface area (Å²) < 4.78 is 68.3. The molecule has 0 radical (unpaired) electrons. The average Bonchev–Trinajstić information content (AvgIpc) is 3.15. The molecule has 1 aliphatic heterocycles. The molecule has 0 aliphatic carbocycles. The van der Waals surface area contributed by atoms with Crippen LogP contribution in [0.25, 0.3) is 0 Å². The molecular weight excluding hydrogens is 507 g/mol. The maximum absolute atomic E-state index is 12.9. The van der Waals surface area contributed by atoms with E-state index < -0.39 is 39.3 Å². The van der Waals surface area contributed by atoms with E-state index in [9.17, 15) is 26.4 Å². The molecule has 1 saturated heterocycles. The number of ether oxygens (including phenoxy) is 1. The van der Waals surface area contributed by atoms with E-state index in [0.29, 0.717) is 0 Å². The number of carbonyl (C=O) groups is 1. The van der Waals surface area contributed by atoms with Crippen LogP contribution >= 0.6 is 22.9 Å². The van der Waals surface area contributed by atoms with Crippen molar-refractivity contribution in [2.45, 2.75) is 23.4 Å². The van der Waals surface area contributed by atoms with E-state index in [1.165, 1.54) is 19.2 Å². The van der Waals surface area contributed by atoms with Gasteiger partial charge in [0, 0.05) is 13.7 Å². The summed E-state index contributed by atoms with van der Waals surface area (Å²) in [6.07, 6.45) is -4.55. The minimum Gasteiger partial charge on any atom is -0.379 e. The number of nitrogens with one attached hydrogen (secondary N) is 4. The van der Waals surface area contributed by atoms with Gasteiger partial charge < -0.3 is 20.7 Å². The number of hydrogen-bond donors (Lipinski definition) is 5. The third-order valence-corrected chi connectivity index (χ3v) is 7.81. The Morgan fingerprint density at radius 3 is 2.76 bits per heavy atom. The highest BCUT2D eigenvalue weighted by atomic mass is 35.5. The summed E-state index contributed by atoms with van der Waals surface area (Å²) in [5.74, 6) is -1.28. The van der Waals surface area contributed by atoms with Crippen molar-refractivity contribution in [1.82, 2.24) is 15.6 Å². The minimum atomic E-state index is -4.68. The monoisotopic (exact) mass is 525 g/mol. The van der Waals surface area contributed by atoms with Gasteiger partial charge in [-0.25, -0.2) is 13.4 Å². The molecule has 3 heterocycles. The van der Waals surface area contributed by atoms with Gasteiger partial charge in [0.25, 0.3) is 5.91 Å². The van der Waals surface area contributed by atoms with Gasteiger partial charge in [0.2, 0.25) is 0 Å². The normalized spacial score (nSPS) is 21.0. The summed E-state index contributed by atoms with van der Waals surface area (Å²) in [6.45, 7) is 0.0450. The number of amides is 1. The van der Waals surface area contributed by atoms with Gasteiger partial charge in [0.1, 0.15) is 27.8 Å². The zero-order valence-electron chi connectivity index (χ0n) is 17.0. The molecule has 9 nitrogen and oxygen atoms in total. The predicted octanol–water partition coefficient (Wildman–Crippen LogP) is 2.41. The second kappa shape index (κ2) is 9.83. The van der Waals surface area contributed by atoms with Crippen molar-refractivity contribution >= 4 is 51.3 Å². The van der Waals surface area contributed by atoms with Crippen molar-refractivity contribution in [3.05, 3.63) is 44.7 Å². The number of halogens is 4. The van der Waals surface area contributed by atoms with Crippen molar-refractivity contribution in [3.8, 4) is 0 Å². The zero-order chi connectivity index (χ0) is 24.4. The molecule has 3 rings (SSSR count). The number of pyridine rings is 1. The Bertz CT molecular complexity index is 1130. The zero-order valence-corrected chi connectivity index (χ0v) is 19.4. The third kappa shape index (κ3) is 5.39. The topological polar surface area (TPSA) is 133 Å². The Balaban J connectivity index is 1.97. The number of carbonyl (C=O) groups excluding carboxylic acids is 1. The fourth-order valence-corrected chi connectivity index (χ4v) is 5.98. The smallest absolute Gasteiger partial charge is 0.379 e. The van der Waals surface area contributed by atoms with Gasteiger partial charge in [-0.2, -0.15) is 13.2 Å². The first-order valence-electron chi connectivity index (χ1n) is 9.39. The summed E-state index contributed by atoms with van der Waals surface area (Å²) in [4.78, 5) is 16.4. The van der Waals surface area contributed by atoms with Crippen LogP contribution in [0, 0.1) is 5.41 Å². The number of thiophene rings is 1. The lowest BCUT2D eigenvalue weighted by molar-refractivity contribution is -0.141. The van der Waals surface area contributed by atoms with Crippen LogP contribution in [0.15, 0.2) is 24.3 Å². The first kappa shape index (κ1) is 25.2. The number of guanidine groups is 1. The molecule has 0 bridgehead atoms. The molecule has 1 fully saturated rings. The fraction of sp³-hybridized carbons (Fsp3) is 0.389. The second-order valence-electron chi connectivity index (χ2n) is 7.01. The van der Waals surface area contributed by atoms with Crippen LogP contribution in [0.2, 0.25) is 5.02 Å². The van der Waals surface area contributed by atoms with E-state index >= 15 is 0 Å².